The van der Waals surface area contributed by atoms with Crippen LogP contribution in [0.25, 0.3) is 0 Å². The van der Waals surface area contributed by atoms with E-state index in [9.17, 15) is 0 Å². The standard InChI is InChI=1S/C21H37NO/c1-17(2)10-8-6-7-9-13-22-14-15-23-19-16-18-11-12-21(19,5)20(18,3)4/h7,9-10,18-19,22H,6,8,11-16H2,1-5H3. The molecule has 0 amide bonds. The molecule has 0 aromatic carbocycles. The molecular weight excluding hydrogens is 282 g/mol. The van der Waals surface area contributed by atoms with Crippen molar-refractivity contribution >= 4 is 0 Å². The van der Waals surface area contributed by atoms with E-state index in [1.54, 1.807) is 0 Å². The van der Waals surface area contributed by atoms with Gasteiger partial charge >= 0.3 is 0 Å². The minimum atomic E-state index is 0.391. The van der Waals surface area contributed by atoms with Crippen LogP contribution in [0.3, 0.4) is 0 Å². The highest BCUT2D eigenvalue weighted by Crippen LogP contribution is 2.66. The summed E-state index contributed by atoms with van der Waals surface area (Å²) in [7, 11) is 0. The van der Waals surface area contributed by atoms with Gasteiger partial charge < -0.3 is 10.1 Å². The van der Waals surface area contributed by atoms with Crippen molar-refractivity contribution in [2.45, 2.75) is 72.8 Å². The summed E-state index contributed by atoms with van der Waals surface area (Å²) < 4.78 is 6.25. The molecule has 0 aromatic heterocycles. The number of hydrogen-bond acceptors (Lipinski definition) is 2. The van der Waals surface area contributed by atoms with Crippen molar-refractivity contribution in [3.63, 3.8) is 0 Å². The zero-order valence-electron chi connectivity index (χ0n) is 16.0. The van der Waals surface area contributed by atoms with Gasteiger partial charge in [0.15, 0.2) is 0 Å². The smallest absolute Gasteiger partial charge is 0.0637 e. The number of nitrogens with one attached hydrogen (secondary N) is 1. The van der Waals surface area contributed by atoms with Gasteiger partial charge in [-0.05, 0) is 62.7 Å². The summed E-state index contributed by atoms with van der Waals surface area (Å²) in [6, 6.07) is 0. The normalized spacial score (nSPS) is 31.9. The number of ether oxygens (including phenoxy) is 1. The summed E-state index contributed by atoms with van der Waals surface area (Å²) >= 11 is 0. The van der Waals surface area contributed by atoms with Gasteiger partial charge in [-0.3, -0.25) is 0 Å². The van der Waals surface area contributed by atoms with Crippen LogP contribution < -0.4 is 5.32 Å². The maximum atomic E-state index is 6.25. The quantitative estimate of drug-likeness (QED) is 0.471. The highest BCUT2D eigenvalue weighted by molar-refractivity contribution is 5.11. The molecule has 2 nitrogen and oxygen atoms in total. The van der Waals surface area contributed by atoms with Crippen LogP contribution in [0, 0.1) is 16.7 Å². The first-order chi connectivity index (χ1) is 10.9. The molecule has 0 saturated heterocycles. The maximum Gasteiger partial charge on any atom is 0.0637 e. The second kappa shape index (κ2) is 7.98. The third-order valence-corrected chi connectivity index (χ3v) is 6.63. The summed E-state index contributed by atoms with van der Waals surface area (Å²) in [6.07, 6.45) is 13.6. The first-order valence-corrected chi connectivity index (χ1v) is 9.48. The number of unbranched alkanes of at least 4 members (excludes halogenated alkanes) is 1. The summed E-state index contributed by atoms with van der Waals surface area (Å²) in [5.41, 5.74) is 2.26. The minimum Gasteiger partial charge on any atom is -0.376 e. The molecule has 1 N–H and O–H groups in total. The monoisotopic (exact) mass is 319 g/mol. The Balaban J connectivity index is 1.55. The van der Waals surface area contributed by atoms with E-state index in [-0.39, 0.29) is 0 Å². The van der Waals surface area contributed by atoms with Gasteiger partial charge in [-0.2, -0.15) is 0 Å². The van der Waals surface area contributed by atoms with Gasteiger partial charge in [0, 0.05) is 13.1 Å². The molecule has 23 heavy (non-hydrogen) atoms. The number of hydrogen-bond donors (Lipinski definition) is 1. The molecule has 3 unspecified atom stereocenters. The van der Waals surface area contributed by atoms with E-state index in [4.69, 9.17) is 4.74 Å². The van der Waals surface area contributed by atoms with Gasteiger partial charge in [0.05, 0.1) is 12.7 Å². The molecule has 0 aliphatic heterocycles. The molecule has 2 fully saturated rings. The number of allylic oxidation sites excluding steroid dienone is 3. The van der Waals surface area contributed by atoms with Gasteiger partial charge in [-0.1, -0.05) is 44.6 Å². The van der Waals surface area contributed by atoms with Crippen LogP contribution in [0.15, 0.2) is 23.8 Å². The predicted octanol–water partition coefficient (Wildman–Crippen LogP) is 5.11. The Bertz CT molecular complexity index is 433. The largest absolute Gasteiger partial charge is 0.376 e. The van der Waals surface area contributed by atoms with Crippen LogP contribution in [0.2, 0.25) is 0 Å². The van der Waals surface area contributed by atoms with Crippen LogP contribution in [-0.2, 0) is 4.74 Å². The van der Waals surface area contributed by atoms with E-state index >= 15 is 0 Å². The average molecular weight is 320 g/mol. The molecule has 0 heterocycles. The Morgan fingerprint density at radius 3 is 2.57 bits per heavy atom. The zero-order valence-corrected chi connectivity index (χ0v) is 16.0. The summed E-state index contributed by atoms with van der Waals surface area (Å²) in [4.78, 5) is 0. The Morgan fingerprint density at radius 2 is 1.96 bits per heavy atom. The molecule has 0 radical (unpaired) electrons. The van der Waals surface area contributed by atoms with Gasteiger partial charge in [0.2, 0.25) is 0 Å². The van der Waals surface area contributed by atoms with Crippen LogP contribution in [0.1, 0.15) is 66.7 Å². The van der Waals surface area contributed by atoms with Crippen LogP contribution in [0.4, 0.5) is 0 Å². The minimum absolute atomic E-state index is 0.391. The molecule has 3 atom stereocenters. The highest BCUT2D eigenvalue weighted by atomic mass is 16.5. The number of fused-ring (bicyclic) bond motifs is 2. The van der Waals surface area contributed by atoms with Crippen molar-refractivity contribution in [1.82, 2.24) is 5.32 Å². The molecule has 132 valence electrons. The van der Waals surface area contributed by atoms with Crippen LogP contribution in [-0.4, -0.2) is 25.8 Å². The zero-order chi connectivity index (χ0) is 16.9. The molecule has 0 spiro atoms. The SMILES string of the molecule is CC(C)=CCCC=CCNCCOC1CC2CCC1(C)C2(C)C. The van der Waals surface area contributed by atoms with Crippen molar-refractivity contribution < 1.29 is 4.74 Å². The second-order valence-electron chi connectivity index (χ2n) is 8.50. The van der Waals surface area contributed by atoms with Crippen molar-refractivity contribution in [3.8, 4) is 0 Å². The third kappa shape index (κ3) is 4.28. The molecule has 2 aliphatic carbocycles. The van der Waals surface area contributed by atoms with Crippen molar-refractivity contribution in [1.29, 1.82) is 0 Å². The third-order valence-electron chi connectivity index (χ3n) is 6.63. The van der Waals surface area contributed by atoms with E-state index in [1.807, 2.05) is 0 Å². The molecule has 2 saturated carbocycles. The first-order valence-electron chi connectivity index (χ1n) is 9.48. The summed E-state index contributed by atoms with van der Waals surface area (Å²) in [6.45, 7) is 14.4. The lowest BCUT2D eigenvalue weighted by atomic mass is 9.70. The van der Waals surface area contributed by atoms with E-state index in [0.717, 1.165) is 38.5 Å². The maximum absolute atomic E-state index is 6.25. The highest BCUT2D eigenvalue weighted by Gasteiger charge is 2.61. The fraction of sp³-hybridized carbons (Fsp3) is 0.810. The van der Waals surface area contributed by atoms with Crippen LogP contribution in [0.5, 0.6) is 0 Å². The van der Waals surface area contributed by atoms with E-state index in [0.29, 0.717) is 16.9 Å². The Kier molecular flexibility index (Phi) is 6.50. The van der Waals surface area contributed by atoms with E-state index in [1.165, 1.54) is 24.8 Å². The number of rotatable bonds is 9. The van der Waals surface area contributed by atoms with Crippen molar-refractivity contribution in [3.05, 3.63) is 23.8 Å². The molecule has 2 bridgehead atoms. The molecular formula is C21H37NO. The Morgan fingerprint density at radius 1 is 1.17 bits per heavy atom. The lowest BCUT2D eigenvalue weighted by Gasteiger charge is -2.38. The van der Waals surface area contributed by atoms with Crippen molar-refractivity contribution in [2.24, 2.45) is 16.7 Å². The second-order valence-corrected chi connectivity index (χ2v) is 8.50. The van der Waals surface area contributed by atoms with E-state index in [2.05, 4.69) is 58.2 Å². The van der Waals surface area contributed by atoms with Crippen LogP contribution >= 0.6 is 0 Å². The van der Waals surface area contributed by atoms with Gasteiger partial charge in [0.1, 0.15) is 0 Å². The van der Waals surface area contributed by atoms with Gasteiger partial charge in [0.25, 0.3) is 0 Å². The lowest BCUT2D eigenvalue weighted by Crippen LogP contribution is -2.38. The fourth-order valence-electron chi connectivity index (χ4n) is 4.51. The van der Waals surface area contributed by atoms with Crippen molar-refractivity contribution in [2.75, 3.05) is 19.7 Å². The first kappa shape index (κ1) is 18.7. The topological polar surface area (TPSA) is 21.3 Å². The molecule has 2 rings (SSSR count). The molecule has 2 aliphatic rings. The summed E-state index contributed by atoms with van der Waals surface area (Å²) in [5, 5.41) is 3.46. The molecule has 0 aromatic rings. The lowest BCUT2D eigenvalue weighted by molar-refractivity contribution is -0.0448. The van der Waals surface area contributed by atoms with Gasteiger partial charge in [-0.15, -0.1) is 0 Å². The van der Waals surface area contributed by atoms with Gasteiger partial charge in [-0.25, -0.2) is 0 Å². The predicted molar refractivity (Wildman–Crippen MR) is 99.6 cm³/mol. The average Bonchev–Trinajstić information content (AvgIpc) is 2.82. The van der Waals surface area contributed by atoms with E-state index < -0.39 is 0 Å². The summed E-state index contributed by atoms with van der Waals surface area (Å²) in [5.74, 6) is 0.870. The molecule has 2 heteroatoms. The fourth-order valence-corrected chi connectivity index (χ4v) is 4.51. The Hall–Kier alpha value is -0.600. The Labute approximate surface area is 143 Å².